The smallest absolute Gasteiger partial charge is 0.153 e. The van der Waals surface area contributed by atoms with Crippen LogP contribution in [0.5, 0.6) is 0 Å². The lowest BCUT2D eigenvalue weighted by Crippen LogP contribution is -2.35. The van der Waals surface area contributed by atoms with E-state index in [1.165, 1.54) is 4.91 Å². The molecule has 0 saturated carbocycles. The zero-order valence-electron chi connectivity index (χ0n) is 12.1. The second-order valence-electron chi connectivity index (χ2n) is 4.92. The number of aliphatic hydroxyl groups is 1. The molecule has 1 aliphatic rings. The van der Waals surface area contributed by atoms with Gasteiger partial charge < -0.3 is 15.3 Å². The van der Waals surface area contributed by atoms with Crippen LogP contribution < -0.4 is 5.32 Å². The molecule has 1 atom stereocenters. The molecule has 0 bridgehead atoms. The van der Waals surface area contributed by atoms with Crippen molar-refractivity contribution in [1.29, 1.82) is 0 Å². The van der Waals surface area contributed by atoms with Crippen LogP contribution in [0.15, 0.2) is 42.2 Å². The Morgan fingerprint density at radius 3 is 2.77 bits per heavy atom. The van der Waals surface area contributed by atoms with Crippen LogP contribution in [0.25, 0.3) is 4.91 Å². The highest BCUT2D eigenvalue weighted by molar-refractivity contribution is 8.09. The van der Waals surface area contributed by atoms with E-state index >= 15 is 0 Å². The SMILES string of the molecule is CC1=C(c2ccc(Cl)cc2)SC(Nc2ccn[nH]2)N1CCO. The molecule has 2 aromatic rings. The molecule has 116 valence electrons. The number of anilines is 1. The van der Waals surface area contributed by atoms with Crippen LogP contribution in [-0.2, 0) is 0 Å². The third-order valence-corrected chi connectivity index (χ3v) is 5.11. The van der Waals surface area contributed by atoms with E-state index < -0.39 is 0 Å². The second kappa shape index (κ2) is 6.64. The van der Waals surface area contributed by atoms with E-state index in [1.807, 2.05) is 30.3 Å². The van der Waals surface area contributed by atoms with Crippen molar-refractivity contribution in [3.63, 3.8) is 0 Å². The Labute approximate surface area is 138 Å². The van der Waals surface area contributed by atoms with E-state index in [0.717, 1.165) is 22.1 Å². The molecule has 1 aliphatic heterocycles. The maximum absolute atomic E-state index is 9.34. The molecule has 5 nitrogen and oxygen atoms in total. The first-order valence-corrected chi connectivity index (χ1v) is 8.21. The number of rotatable bonds is 5. The lowest BCUT2D eigenvalue weighted by atomic mass is 10.2. The van der Waals surface area contributed by atoms with Crippen LogP contribution in [0.3, 0.4) is 0 Å². The van der Waals surface area contributed by atoms with E-state index in [-0.39, 0.29) is 12.1 Å². The molecule has 0 saturated heterocycles. The number of aromatic amines is 1. The summed E-state index contributed by atoms with van der Waals surface area (Å²) >= 11 is 7.68. The van der Waals surface area contributed by atoms with Crippen LogP contribution in [0.1, 0.15) is 12.5 Å². The fourth-order valence-electron chi connectivity index (χ4n) is 2.41. The number of halogens is 1. The molecule has 1 aromatic carbocycles. The molecule has 0 amide bonds. The van der Waals surface area contributed by atoms with E-state index in [9.17, 15) is 5.11 Å². The summed E-state index contributed by atoms with van der Waals surface area (Å²) in [5.41, 5.74) is 2.28. The summed E-state index contributed by atoms with van der Waals surface area (Å²) < 4.78 is 0. The van der Waals surface area contributed by atoms with Crippen LogP contribution >= 0.6 is 23.4 Å². The Hall–Kier alpha value is -1.63. The summed E-state index contributed by atoms with van der Waals surface area (Å²) in [7, 11) is 0. The largest absolute Gasteiger partial charge is 0.395 e. The molecule has 22 heavy (non-hydrogen) atoms. The topological polar surface area (TPSA) is 64.2 Å². The number of H-pyrrole nitrogens is 1. The normalized spacial score (nSPS) is 18.1. The molecule has 7 heteroatoms. The lowest BCUT2D eigenvalue weighted by molar-refractivity contribution is 0.228. The minimum Gasteiger partial charge on any atom is -0.395 e. The predicted octanol–water partition coefficient (Wildman–Crippen LogP) is 3.19. The van der Waals surface area contributed by atoms with Gasteiger partial charge in [-0.3, -0.25) is 5.10 Å². The number of β-amino-alcohol motifs (C(OH)–C–C–N with tert-alkyl or cyclic N) is 1. The average Bonchev–Trinajstić information content (AvgIpc) is 3.12. The minimum atomic E-state index is 0.0123. The molecule has 3 rings (SSSR count). The van der Waals surface area contributed by atoms with Gasteiger partial charge in [-0.25, -0.2) is 0 Å². The third-order valence-electron chi connectivity index (χ3n) is 3.50. The Morgan fingerprint density at radius 2 is 2.14 bits per heavy atom. The minimum absolute atomic E-state index is 0.0123. The Balaban J connectivity index is 1.85. The molecular formula is C15H17ClN4OS. The number of aromatic nitrogens is 2. The van der Waals surface area contributed by atoms with Gasteiger partial charge >= 0.3 is 0 Å². The number of thioether (sulfide) groups is 1. The standard InChI is InChI=1S/C15H17ClN4OS/c1-10-14(11-2-4-12(16)5-3-11)22-15(20(10)8-9-21)18-13-6-7-17-19-13/h2-7,15,21H,8-9H2,1H3,(H2,17,18,19). The average molecular weight is 337 g/mol. The van der Waals surface area contributed by atoms with Gasteiger partial charge in [0, 0.05) is 28.2 Å². The monoisotopic (exact) mass is 336 g/mol. The molecular weight excluding hydrogens is 320 g/mol. The van der Waals surface area contributed by atoms with Crippen molar-refractivity contribution < 1.29 is 5.11 Å². The molecule has 0 aliphatic carbocycles. The van der Waals surface area contributed by atoms with E-state index in [2.05, 4.69) is 27.3 Å². The van der Waals surface area contributed by atoms with Gasteiger partial charge in [0.05, 0.1) is 12.8 Å². The summed E-state index contributed by atoms with van der Waals surface area (Å²) in [6.45, 7) is 2.75. The Kier molecular flexibility index (Phi) is 4.61. The van der Waals surface area contributed by atoms with Gasteiger partial charge in [-0.1, -0.05) is 35.5 Å². The molecule has 1 aromatic heterocycles. The van der Waals surface area contributed by atoms with Crippen molar-refractivity contribution >= 4 is 34.1 Å². The highest BCUT2D eigenvalue weighted by Crippen LogP contribution is 2.43. The van der Waals surface area contributed by atoms with Crippen molar-refractivity contribution in [3.05, 3.63) is 52.8 Å². The second-order valence-corrected chi connectivity index (χ2v) is 6.45. The number of nitrogens with one attached hydrogen (secondary N) is 2. The third kappa shape index (κ3) is 3.09. The van der Waals surface area contributed by atoms with Crippen molar-refractivity contribution in [3.8, 4) is 0 Å². The van der Waals surface area contributed by atoms with Gasteiger partial charge in [-0.05, 0) is 24.6 Å². The number of nitrogens with zero attached hydrogens (tertiary/aromatic N) is 2. The first kappa shape index (κ1) is 15.3. The maximum Gasteiger partial charge on any atom is 0.153 e. The molecule has 0 fully saturated rings. The Bertz CT molecular complexity index is 657. The summed E-state index contributed by atoms with van der Waals surface area (Å²) in [6, 6.07) is 9.70. The van der Waals surface area contributed by atoms with Gasteiger partial charge in [0.1, 0.15) is 5.82 Å². The van der Waals surface area contributed by atoms with Crippen molar-refractivity contribution in [1.82, 2.24) is 15.1 Å². The van der Waals surface area contributed by atoms with Crippen molar-refractivity contribution in [2.45, 2.75) is 12.4 Å². The number of hydrogen-bond donors (Lipinski definition) is 3. The van der Waals surface area contributed by atoms with Crippen LogP contribution in [-0.4, -0.2) is 38.9 Å². The number of aliphatic hydroxyl groups excluding tert-OH is 1. The summed E-state index contributed by atoms with van der Waals surface area (Å²) in [6.07, 6.45) is 1.71. The van der Waals surface area contributed by atoms with Gasteiger partial charge in [-0.2, -0.15) is 5.10 Å². The van der Waals surface area contributed by atoms with Gasteiger partial charge in [0.25, 0.3) is 0 Å². The lowest BCUT2D eigenvalue weighted by Gasteiger charge is -2.27. The van der Waals surface area contributed by atoms with Gasteiger partial charge in [0.2, 0.25) is 0 Å². The predicted molar refractivity (Wildman–Crippen MR) is 91.4 cm³/mol. The summed E-state index contributed by atoms with van der Waals surface area (Å²) in [5, 5.41) is 20.3. The molecule has 0 radical (unpaired) electrons. The summed E-state index contributed by atoms with van der Waals surface area (Å²) in [5.74, 6) is 0.852. The van der Waals surface area contributed by atoms with Crippen LogP contribution in [0.2, 0.25) is 5.02 Å². The maximum atomic E-state index is 9.34. The van der Waals surface area contributed by atoms with Crippen molar-refractivity contribution in [2.75, 3.05) is 18.5 Å². The first-order chi connectivity index (χ1) is 10.7. The number of benzene rings is 1. The van der Waals surface area contributed by atoms with Crippen molar-refractivity contribution in [2.24, 2.45) is 0 Å². The first-order valence-electron chi connectivity index (χ1n) is 6.96. The molecule has 0 spiro atoms. The molecule has 3 N–H and O–H groups in total. The molecule has 2 heterocycles. The molecule has 1 unspecified atom stereocenters. The highest BCUT2D eigenvalue weighted by Gasteiger charge is 2.30. The highest BCUT2D eigenvalue weighted by atomic mass is 35.5. The van der Waals surface area contributed by atoms with Gasteiger partial charge in [0.15, 0.2) is 5.50 Å². The zero-order chi connectivity index (χ0) is 15.5. The zero-order valence-corrected chi connectivity index (χ0v) is 13.7. The van der Waals surface area contributed by atoms with E-state index in [1.54, 1.807) is 18.0 Å². The fourth-order valence-corrected chi connectivity index (χ4v) is 3.90. The Morgan fingerprint density at radius 1 is 1.36 bits per heavy atom. The van der Waals surface area contributed by atoms with Crippen LogP contribution in [0.4, 0.5) is 5.82 Å². The van der Waals surface area contributed by atoms with E-state index in [4.69, 9.17) is 11.6 Å². The number of allylic oxidation sites excluding steroid dienone is 1. The number of hydrogen-bond acceptors (Lipinski definition) is 5. The van der Waals surface area contributed by atoms with Gasteiger partial charge in [-0.15, -0.1) is 0 Å². The van der Waals surface area contributed by atoms with Crippen LogP contribution in [0, 0.1) is 0 Å². The van der Waals surface area contributed by atoms with E-state index in [0.29, 0.717) is 6.54 Å². The quantitative estimate of drug-likeness (QED) is 0.782. The summed E-state index contributed by atoms with van der Waals surface area (Å²) in [4.78, 5) is 3.33. The fraction of sp³-hybridized carbons (Fsp3) is 0.267.